The molecule has 0 spiro atoms. The molecule has 0 radical (unpaired) electrons. The van der Waals surface area contributed by atoms with Gasteiger partial charge >= 0.3 is 0 Å². The molecule has 130 valence electrons. The van der Waals surface area contributed by atoms with Crippen LogP contribution in [0.1, 0.15) is 24.2 Å². The number of hydrogen-bond donors (Lipinski definition) is 1. The molecule has 0 aliphatic carbocycles. The summed E-state index contributed by atoms with van der Waals surface area (Å²) in [5.74, 6) is 2.41. The smallest absolute Gasteiger partial charge is 0.266 e. The van der Waals surface area contributed by atoms with Gasteiger partial charge in [0.05, 0.1) is 31.0 Å². The Hall–Kier alpha value is -3.09. The summed E-state index contributed by atoms with van der Waals surface area (Å²) in [5.41, 5.74) is 2.87. The molecule has 2 aromatic rings. The predicted octanol–water partition coefficient (Wildman–Crippen LogP) is 2.88. The zero-order valence-electron chi connectivity index (χ0n) is 14.2. The second kappa shape index (κ2) is 5.77. The maximum Gasteiger partial charge on any atom is 0.266 e. The summed E-state index contributed by atoms with van der Waals surface area (Å²) in [6.45, 7) is 1.94. The van der Waals surface area contributed by atoms with Gasteiger partial charge in [0.15, 0.2) is 28.7 Å². The Morgan fingerprint density at radius 2 is 1.92 bits per heavy atom. The number of para-hydroxylation sites is 1. The highest BCUT2D eigenvalue weighted by molar-refractivity contribution is 6.02. The van der Waals surface area contributed by atoms with E-state index >= 15 is 0 Å². The van der Waals surface area contributed by atoms with Gasteiger partial charge < -0.3 is 29.5 Å². The Morgan fingerprint density at radius 3 is 2.68 bits per heavy atom. The second-order valence-corrected chi connectivity index (χ2v) is 5.79. The van der Waals surface area contributed by atoms with E-state index in [4.69, 9.17) is 18.9 Å². The number of anilines is 1. The molecular formula is C18H18N2O5. The maximum atomic E-state index is 12.9. The van der Waals surface area contributed by atoms with Gasteiger partial charge in [-0.2, -0.15) is 4.74 Å². The molecule has 0 saturated carbocycles. The predicted molar refractivity (Wildman–Crippen MR) is 91.9 cm³/mol. The van der Waals surface area contributed by atoms with Crippen LogP contribution in [-0.4, -0.2) is 31.5 Å². The maximum absolute atomic E-state index is 12.9. The van der Waals surface area contributed by atoms with Gasteiger partial charge in [-0.05, 0) is 18.2 Å². The molecule has 1 atom stereocenters. The van der Waals surface area contributed by atoms with E-state index in [2.05, 4.69) is 5.32 Å². The highest BCUT2D eigenvalue weighted by Crippen LogP contribution is 2.43. The number of hydroxylamine groups is 1. The highest BCUT2D eigenvalue weighted by atomic mass is 16.7. The van der Waals surface area contributed by atoms with E-state index in [9.17, 15) is 5.21 Å². The summed E-state index contributed by atoms with van der Waals surface area (Å²) >= 11 is 0. The fraction of sp³-hybridized carbons (Fsp3) is 0.278. The molecule has 25 heavy (non-hydrogen) atoms. The lowest BCUT2D eigenvalue weighted by Gasteiger charge is -2.28. The molecule has 2 aliphatic rings. The van der Waals surface area contributed by atoms with E-state index < -0.39 is 6.17 Å². The Balaban J connectivity index is 1.83. The second-order valence-electron chi connectivity index (χ2n) is 5.79. The van der Waals surface area contributed by atoms with Crippen molar-refractivity contribution in [3.63, 3.8) is 0 Å². The molecule has 0 saturated heterocycles. The minimum Gasteiger partial charge on any atom is -0.622 e. The minimum absolute atomic E-state index is 0.155. The van der Waals surface area contributed by atoms with Crippen LogP contribution in [0.3, 0.4) is 0 Å². The molecule has 4 rings (SSSR count). The average molecular weight is 342 g/mol. The molecule has 0 amide bonds. The van der Waals surface area contributed by atoms with E-state index in [1.54, 1.807) is 27.2 Å². The number of hydrogen-bond acceptors (Lipinski definition) is 6. The van der Waals surface area contributed by atoms with Gasteiger partial charge in [-0.15, -0.1) is 0 Å². The third-order valence-electron chi connectivity index (χ3n) is 4.49. The van der Waals surface area contributed by atoms with Crippen LogP contribution in [0.2, 0.25) is 0 Å². The first-order chi connectivity index (χ1) is 12.1. The molecule has 2 heterocycles. The number of methoxy groups -OCH3 is 2. The van der Waals surface area contributed by atoms with Crippen molar-refractivity contribution in [1.29, 1.82) is 0 Å². The quantitative estimate of drug-likeness (QED) is 0.683. The van der Waals surface area contributed by atoms with Gasteiger partial charge in [0.2, 0.25) is 6.79 Å². The molecule has 7 heteroatoms. The molecule has 1 N–H and O–H groups in total. The normalized spacial score (nSPS) is 17.8. The van der Waals surface area contributed by atoms with Gasteiger partial charge in [-0.25, -0.2) is 0 Å². The van der Waals surface area contributed by atoms with Crippen molar-refractivity contribution in [2.24, 2.45) is 0 Å². The number of rotatable bonds is 3. The van der Waals surface area contributed by atoms with E-state index in [0.717, 1.165) is 21.6 Å². The van der Waals surface area contributed by atoms with E-state index in [1.165, 1.54) is 0 Å². The van der Waals surface area contributed by atoms with Gasteiger partial charge in [0.25, 0.3) is 6.17 Å². The van der Waals surface area contributed by atoms with Crippen molar-refractivity contribution in [2.75, 3.05) is 26.3 Å². The fourth-order valence-electron chi connectivity index (χ4n) is 3.19. The van der Waals surface area contributed by atoms with Crippen LogP contribution in [0.5, 0.6) is 23.0 Å². The Kier molecular flexibility index (Phi) is 3.56. The van der Waals surface area contributed by atoms with Crippen LogP contribution in [0.15, 0.2) is 30.3 Å². The zero-order chi connectivity index (χ0) is 17.6. The van der Waals surface area contributed by atoms with E-state index in [0.29, 0.717) is 28.7 Å². The Bertz CT molecular complexity index is 878. The highest BCUT2D eigenvalue weighted by Gasteiger charge is 2.34. The SMILES string of the molecule is COc1cc2c(cc1OC)C(C)=[N+]([O-])C(c1cccc3c1OCO3)N2. The molecule has 0 aromatic heterocycles. The lowest BCUT2D eigenvalue weighted by atomic mass is 10.0. The van der Waals surface area contributed by atoms with E-state index in [-0.39, 0.29) is 6.79 Å². The first-order valence-electron chi connectivity index (χ1n) is 7.85. The number of nitrogens with zero attached hydrogens (tertiary/aromatic N) is 1. The molecule has 2 aliphatic heterocycles. The zero-order valence-corrected chi connectivity index (χ0v) is 14.2. The van der Waals surface area contributed by atoms with Crippen molar-refractivity contribution >= 4 is 11.4 Å². The monoisotopic (exact) mass is 342 g/mol. The Morgan fingerprint density at radius 1 is 1.16 bits per heavy atom. The minimum atomic E-state index is -0.623. The summed E-state index contributed by atoms with van der Waals surface area (Å²) in [7, 11) is 3.15. The largest absolute Gasteiger partial charge is 0.622 e. The molecule has 7 nitrogen and oxygen atoms in total. The molecule has 1 unspecified atom stereocenters. The summed E-state index contributed by atoms with van der Waals surface area (Å²) < 4.78 is 22.6. The standard InChI is InChI=1S/C18H18N2O5/c1-10-12-7-15(22-2)16(23-3)8-13(12)19-18(20(10)21)11-5-4-6-14-17(11)25-9-24-14/h4-8,18-19H,9H2,1-3H3. The number of benzene rings is 2. The summed E-state index contributed by atoms with van der Waals surface area (Å²) in [4.78, 5) is 0. The summed E-state index contributed by atoms with van der Waals surface area (Å²) in [6.07, 6.45) is -0.623. The summed E-state index contributed by atoms with van der Waals surface area (Å²) in [6, 6.07) is 9.15. The van der Waals surface area contributed by atoms with Crippen molar-refractivity contribution < 1.29 is 23.7 Å². The third kappa shape index (κ3) is 2.31. The number of nitrogens with one attached hydrogen (secondary N) is 1. The first-order valence-corrected chi connectivity index (χ1v) is 7.85. The summed E-state index contributed by atoms with van der Waals surface area (Å²) in [5, 5.41) is 16.2. The Labute approximate surface area is 145 Å². The first kappa shape index (κ1) is 15.4. The molecule has 0 bridgehead atoms. The molecule has 2 aromatic carbocycles. The van der Waals surface area contributed by atoms with Gasteiger partial charge in [0.1, 0.15) is 0 Å². The third-order valence-corrected chi connectivity index (χ3v) is 4.49. The van der Waals surface area contributed by atoms with Gasteiger partial charge in [-0.3, -0.25) is 0 Å². The molecule has 0 fully saturated rings. The average Bonchev–Trinajstić information content (AvgIpc) is 3.12. The number of fused-ring (bicyclic) bond motifs is 2. The fourth-order valence-corrected chi connectivity index (χ4v) is 3.19. The lowest BCUT2D eigenvalue weighted by molar-refractivity contribution is -0.501. The van der Waals surface area contributed by atoms with Crippen molar-refractivity contribution in [2.45, 2.75) is 13.1 Å². The van der Waals surface area contributed by atoms with Gasteiger partial charge in [-0.1, -0.05) is 6.07 Å². The van der Waals surface area contributed by atoms with Gasteiger partial charge in [0, 0.05) is 13.0 Å². The lowest BCUT2D eigenvalue weighted by Crippen LogP contribution is -2.31. The number of ether oxygens (including phenoxy) is 4. The van der Waals surface area contributed by atoms with Crippen molar-refractivity contribution in [3.8, 4) is 23.0 Å². The van der Waals surface area contributed by atoms with E-state index in [1.807, 2.05) is 24.3 Å². The van der Waals surface area contributed by atoms with Crippen LogP contribution < -0.4 is 24.3 Å². The van der Waals surface area contributed by atoms with Crippen LogP contribution >= 0.6 is 0 Å². The molecular weight excluding hydrogens is 324 g/mol. The van der Waals surface area contributed by atoms with Crippen molar-refractivity contribution in [3.05, 3.63) is 46.7 Å². The van der Waals surface area contributed by atoms with Crippen molar-refractivity contribution in [1.82, 2.24) is 0 Å². The van der Waals surface area contributed by atoms with Crippen LogP contribution in [0.4, 0.5) is 5.69 Å². The van der Waals surface area contributed by atoms with Crippen LogP contribution in [-0.2, 0) is 0 Å². The van der Waals surface area contributed by atoms with Crippen LogP contribution in [0, 0.1) is 5.21 Å². The topological polar surface area (TPSA) is 75.0 Å². The van der Waals surface area contributed by atoms with Crippen LogP contribution in [0.25, 0.3) is 0 Å².